The van der Waals surface area contributed by atoms with Crippen LogP contribution in [0.15, 0.2) is 71.6 Å². The first-order valence-electron chi connectivity index (χ1n) is 9.17. The normalized spacial score (nSPS) is 16.0. The van der Waals surface area contributed by atoms with Crippen molar-refractivity contribution in [3.63, 3.8) is 0 Å². The summed E-state index contributed by atoms with van der Waals surface area (Å²) in [6, 6.07) is 12.3. The molecule has 0 amide bonds. The molecule has 0 fully saturated rings. The Morgan fingerprint density at radius 2 is 1.30 bits per heavy atom. The van der Waals surface area contributed by atoms with Gasteiger partial charge in [-0.1, -0.05) is 18.2 Å². The minimum Gasteiger partial charge on any atom is -0.447 e. The Bertz CT molecular complexity index is 1260. The molecule has 5 nitrogen and oxygen atoms in total. The van der Waals surface area contributed by atoms with E-state index in [1.807, 2.05) is 0 Å². The number of ether oxygens (including phenoxy) is 2. The van der Waals surface area contributed by atoms with Gasteiger partial charge >= 0.3 is 12.4 Å². The largest absolute Gasteiger partial charge is 0.447 e. The topological polar surface area (TPSA) is 64.6 Å². The number of hydrogen-bond acceptors (Lipinski definition) is 4. The lowest BCUT2D eigenvalue weighted by Gasteiger charge is -2.17. The highest BCUT2D eigenvalue weighted by Gasteiger charge is 2.39. The molecule has 1 atom stereocenters. The van der Waals surface area contributed by atoms with E-state index < -0.39 is 45.4 Å². The Kier molecular flexibility index (Phi) is 5.43. The van der Waals surface area contributed by atoms with Gasteiger partial charge in [0.1, 0.15) is 0 Å². The summed E-state index contributed by atoms with van der Waals surface area (Å²) >= 11 is 0. The number of fused-ring (bicyclic) bond motifs is 1. The molecule has 1 unspecified atom stereocenters. The number of hydrogen-bond donors (Lipinski definition) is 1. The summed E-state index contributed by atoms with van der Waals surface area (Å²) in [7, 11) is -3.94. The molecule has 0 radical (unpaired) electrons. The van der Waals surface area contributed by atoms with Crippen molar-refractivity contribution >= 4 is 15.7 Å². The summed E-state index contributed by atoms with van der Waals surface area (Å²) < 4.78 is 117. The Hall–Kier alpha value is -3.41. The first-order chi connectivity index (χ1) is 15.3. The summed E-state index contributed by atoms with van der Waals surface area (Å²) in [5.74, 6) is -0.0344. The predicted octanol–water partition coefficient (Wildman–Crippen LogP) is 6.00. The van der Waals surface area contributed by atoms with Gasteiger partial charge in [-0.05, 0) is 42.5 Å². The molecule has 33 heavy (non-hydrogen) atoms. The van der Waals surface area contributed by atoms with Crippen LogP contribution in [0.5, 0.6) is 11.5 Å². The van der Waals surface area contributed by atoms with Crippen LogP contribution in [0.1, 0.15) is 23.0 Å². The quantitative estimate of drug-likeness (QED) is 0.457. The van der Waals surface area contributed by atoms with Crippen molar-refractivity contribution in [1.29, 1.82) is 0 Å². The molecule has 3 aromatic rings. The van der Waals surface area contributed by atoms with Gasteiger partial charge in [-0.25, -0.2) is 8.42 Å². The lowest BCUT2D eigenvalue weighted by Crippen LogP contribution is -2.15. The van der Waals surface area contributed by atoms with Crippen LogP contribution in [0.25, 0.3) is 0 Å². The maximum absolute atomic E-state index is 13.1. The van der Waals surface area contributed by atoms with E-state index in [2.05, 4.69) is 4.72 Å². The third kappa shape index (κ3) is 4.85. The average Bonchev–Trinajstić information content (AvgIpc) is 3.16. The molecule has 0 bridgehead atoms. The van der Waals surface area contributed by atoms with Crippen molar-refractivity contribution in [3.8, 4) is 11.5 Å². The zero-order valence-electron chi connectivity index (χ0n) is 16.2. The first kappa shape index (κ1) is 22.8. The molecule has 1 N–H and O–H groups in total. The number of nitrogens with one attached hydrogen (secondary N) is 1. The molecular weight excluding hydrogens is 476 g/mol. The van der Waals surface area contributed by atoms with E-state index in [0.29, 0.717) is 12.1 Å². The number of rotatable bonds is 4. The van der Waals surface area contributed by atoms with Gasteiger partial charge < -0.3 is 9.47 Å². The molecule has 0 spiro atoms. The summed E-state index contributed by atoms with van der Waals surface area (Å²) in [5.41, 5.74) is -3.46. The zero-order chi connectivity index (χ0) is 24.0. The van der Waals surface area contributed by atoms with Crippen molar-refractivity contribution in [1.82, 2.24) is 0 Å². The van der Waals surface area contributed by atoms with Gasteiger partial charge in [0.2, 0.25) is 0 Å². The molecule has 0 saturated carbocycles. The molecular formula is C21H13F6NO4S. The average molecular weight is 489 g/mol. The maximum Gasteiger partial charge on any atom is 0.416 e. The van der Waals surface area contributed by atoms with E-state index in [9.17, 15) is 34.8 Å². The van der Waals surface area contributed by atoms with E-state index in [0.717, 1.165) is 0 Å². The second kappa shape index (κ2) is 7.87. The molecule has 174 valence electrons. The standard InChI is InChI=1S/C21H13F6NO4S/c22-20(23,24)13-8-12(9-14(10-13)21(25,26)27)19-31-17-7-6-15(11-18(17)32-19)28-33(29,30)16-4-2-1-3-5-16/h1-11,19,28H. The highest BCUT2D eigenvalue weighted by Crippen LogP contribution is 2.44. The SMILES string of the molecule is O=S(=O)(Nc1ccc2c(c1)OC(c1cc(C(F)(F)F)cc(C(F)(F)F)c1)O2)c1ccccc1. The molecule has 1 aliphatic rings. The van der Waals surface area contributed by atoms with Gasteiger partial charge in [0.25, 0.3) is 16.3 Å². The van der Waals surface area contributed by atoms with Crippen LogP contribution in [0.4, 0.5) is 32.0 Å². The number of anilines is 1. The highest BCUT2D eigenvalue weighted by molar-refractivity contribution is 7.92. The van der Waals surface area contributed by atoms with E-state index in [-0.39, 0.29) is 28.1 Å². The number of sulfonamides is 1. The Labute approximate surface area is 183 Å². The van der Waals surface area contributed by atoms with Crippen LogP contribution < -0.4 is 14.2 Å². The molecule has 1 aliphatic heterocycles. The fourth-order valence-corrected chi connectivity index (χ4v) is 4.15. The Morgan fingerprint density at radius 1 is 0.727 bits per heavy atom. The molecule has 3 aromatic carbocycles. The molecule has 12 heteroatoms. The second-order valence-corrected chi connectivity index (χ2v) is 8.67. The van der Waals surface area contributed by atoms with E-state index in [1.165, 1.54) is 42.5 Å². The smallest absolute Gasteiger partial charge is 0.416 e. The van der Waals surface area contributed by atoms with Crippen molar-refractivity contribution in [2.24, 2.45) is 0 Å². The van der Waals surface area contributed by atoms with Crippen LogP contribution in [0.2, 0.25) is 0 Å². The van der Waals surface area contributed by atoms with Crippen LogP contribution >= 0.6 is 0 Å². The second-order valence-electron chi connectivity index (χ2n) is 6.99. The van der Waals surface area contributed by atoms with Gasteiger partial charge in [0.15, 0.2) is 11.5 Å². The number of benzene rings is 3. The molecule has 4 rings (SSSR count). The lowest BCUT2D eigenvalue weighted by molar-refractivity contribution is -0.143. The third-order valence-electron chi connectivity index (χ3n) is 4.60. The molecule has 1 heterocycles. The minimum atomic E-state index is -5.02. The van der Waals surface area contributed by atoms with E-state index in [4.69, 9.17) is 9.47 Å². The van der Waals surface area contributed by atoms with Crippen LogP contribution in [0.3, 0.4) is 0 Å². The monoisotopic (exact) mass is 489 g/mol. The van der Waals surface area contributed by atoms with Gasteiger partial charge in [0.05, 0.1) is 21.7 Å². The van der Waals surface area contributed by atoms with E-state index in [1.54, 1.807) is 6.07 Å². The highest BCUT2D eigenvalue weighted by atomic mass is 32.2. The molecule has 0 aliphatic carbocycles. The molecule has 0 aromatic heterocycles. The minimum absolute atomic E-state index is 0.00204. The van der Waals surface area contributed by atoms with Gasteiger partial charge in [-0.2, -0.15) is 26.3 Å². The molecule has 0 saturated heterocycles. The first-order valence-corrected chi connectivity index (χ1v) is 10.7. The van der Waals surface area contributed by atoms with Crippen molar-refractivity contribution < 1.29 is 44.2 Å². The Morgan fingerprint density at radius 3 is 1.88 bits per heavy atom. The van der Waals surface area contributed by atoms with Crippen molar-refractivity contribution in [2.45, 2.75) is 23.5 Å². The van der Waals surface area contributed by atoms with Gasteiger partial charge in [0, 0.05) is 11.6 Å². The fraction of sp³-hybridized carbons (Fsp3) is 0.143. The third-order valence-corrected chi connectivity index (χ3v) is 6.00. The maximum atomic E-state index is 13.1. The fourth-order valence-electron chi connectivity index (χ4n) is 3.08. The number of halogens is 6. The summed E-state index contributed by atoms with van der Waals surface area (Å²) in [6.45, 7) is 0. The van der Waals surface area contributed by atoms with Crippen molar-refractivity contribution in [2.75, 3.05) is 4.72 Å². The van der Waals surface area contributed by atoms with Crippen LogP contribution in [-0.2, 0) is 22.4 Å². The zero-order valence-corrected chi connectivity index (χ0v) is 17.1. The van der Waals surface area contributed by atoms with Crippen molar-refractivity contribution in [3.05, 3.63) is 83.4 Å². The van der Waals surface area contributed by atoms with Gasteiger partial charge in [-0.3, -0.25) is 4.72 Å². The lowest BCUT2D eigenvalue weighted by atomic mass is 10.0. The predicted molar refractivity (Wildman–Crippen MR) is 104 cm³/mol. The van der Waals surface area contributed by atoms with Gasteiger partial charge in [-0.15, -0.1) is 0 Å². The van der Waals surface area contributed by atoms with Crippen LogP contribution in [-0.4, -0.2) is 8.42 Å². The number of alkyl halides is 6. The van der Waals surface area contributed by atoms with Crippen LogP contribution in [0, 0.1) is 0 Å². The van der Waals surface area contributed by atoms with E-state index >= 15 is 0 Å². The summed E-state index contributed by atoms with van der Waals surface area (Å²) in [4.78, 5) is -0.0100. The summed E-state index contributed by atoms with van der Waals surface area (Å²) in [6.07, 6.45) is -11.6. The Balaban J connectivity index is 1.62. The summed E-state index contributed by atoms with van der Waals surface area (Å²) in [5, 5.41) is 0.